The summed E-state index contributed by atoms with van der Waals surface area (Å²) >= 11 is 1.52. The van der Waals surface area contributed by atoms with Gasteiger partial charge in [0, 0.05) is 6.42 Å². The lowest BCUT2D eigenvalue weighted by Crippen LogP contribution is -2.47. The number of imide groups is 1. The Labute approximate surface area is 123 Å². The van der Waals surface area contributed by atoms with Gasteiger partial charge in [-0.15, -0.1) is 0 Å². The number of hydrogen-bond acceptors (Lipinski definition) is 4. The third-order valence-electron chi connectivity index (χ3n) is 4.43. The van der Waals surface area contributed by atoms with Gasteiger partial charge in [-0.3, -0.25) is 14.5 Å². The molecule has 0 aromatic rings. The van der Waals surface area contributed by atoms with Gasteiger partial charge in [0.2, 0.25) is 11.8 Å². The lowest BCUT2D eigenvalue weighted by atomic mass is 9.73. The van der Waals surface area contributed by atoms with Crippen LogP contribution in [0, 0.1) is 5.41 Å². The normalized spacial score (nSPS) is 23.4. The van der Waals surface area contributed by atoms with Crippen LogP contribution in [-0.4, -0.2) is 45.8 Å². The van der Waals surface area contributed by atoms with Crippen molar-refractivity contribution in [3.8, 4) is 0 Å². The number of carboxylic acid groups (broad SMARTS) is 1. The van der Waals surface area contributed by atoms with Gasteiger partial charge < -0.3 is 5.11 Å². The summed E-state index contributed by atoms with van der Waals surface area (Å²) in [6.07, 6.45) is 6.86. The number of rotatable bonds is 5. The molecule has 1 heterocycles. The van der Waals surface area contributed by atoms with E-state index in [1.54, 1.807) is 0 Å². The molecule has 2 amide bonds. The molecular weight excluding hydrogens is 278 g/mol. The van der Waals surface area contributed by atoms with Crippen LogP contribution in [0.15, 0.2) is 0 Å². The molecule has 2 aliphatic rings. The van der Waals surface area contributed by atoms with Crippen molar-refractivity contribution in [3.63, 3.8) is 0 Å². The predicted octanol–water partition coefficient (Wildman–Crippen LogP) is 1.90. The minimum atomic E-state index is -1.08. The van der Waals surface area contributed by atoms with E-state index in [0.29, 0.717) is 12.2 Å². The first kappa shape index (κ1) is 15.4. The Hall–Kier alpha value is -1.04. The molecule has 1 saturated heterocycles. The van der Waals surface area contributed by atoms with E-state index >= 15 is 0 Å². The third-order valence-corrected chi connectivity index (χ3v) is 5.08. The smallest absolute Gasteiger partial charge is 0.326 e. The summed E-state index contributed by atoms with van der Waals surface area (Å²) in [5.41, 5.74) is -0.595. The quantitative estimate of drug-likeness (QED) is 0.785. The number of likely N-dealkylation sites (tertiary alicyclic amines) is 1. The highest BCUT2D eigenvalue weighted by atomic mass is 32.2. The zero-order valence-electron chi connectivity index (χ0n) is 11.8. The second-order valence-electron chi connectivity index (χ2n) is 5.72. The highest BCUT2D eigenvalue weighted by molar-refractivity contribution is 7.98. The molecule has 1 aliphatic carbocycles. The third kappa shape index (κ3) is 2.71. The van der Waals surface area contributed by atoms with Crippen LogP contribution in [0.25, 0.3) is 0 Å². The van der Waals surface area contributed by atoms with E-state index < -0.39 is 17.4 Å². The molecule has 5 nitrogen and oxygen atoms in total. The van der Waals surface area contributed by atoms with Crippen LogP contribution in [0.2, 0.25) is 0 Å². The first-order chi connectivity index (χ1) is 9.52. The van der Waals surface area contributed by atoms with Crippen LogP contribution in [0.4, 0.5) is 0 Å². The number of nitrogens with zero attached hydrogens (tertiary/aromatic N) is 1. The Morgan fingerprint density at radius 3 is 2.55 bits per heavy atom. The Morgan fingerprint density at radius 1 is 1.35 bits per heavy atom. The van der Waals surface area contributed by atoms with Crippen molar-refractivity contribution in [2.45, 2.75) is 51.0 Å². The van der Waals surface area contributed by atoms with Gasteiger partial charge >= 0.3 is 5.97 Å². The van der Waals surface area contributed by atoms with Crippen molar-refractivity contribution < 1.29 is 19.5 Å². The van der Waals surface area contributed by atoms with E-state index in [2.05, 4.69) is 0 Å². The molecule has 0 aromatic heterocycles. The maximum atomic E-state index is 12.6. The molecule has 1 spiro atoms. The van der Waals surface area contributed by atoms with E-state index in [0.717, 1.165) is 37.0 Å². The van der Waals surface area contributed by atoms with Crippen LogP contribution in [-0.2, 0) is 14.4 Å². The molecular formula is C14H21NO4S. The van der Waals surface area contributed by atoms with E-state index in [9.17, 15) is 19.5 Å². The van der Waals surface area contributed by atoms with Crippen LogP contribution < -0.4 is 0 Å². The summed E-state index contributed by atoms with van der Waals surface area (Å²) in [6, 6.07) is -0.997. The Balaban J connectivity index is 2.20. The zero-order chi connectivity index (χ0) is 14.8. The monoisotopic (exact) mass is 299 g/mol. The van der Waals surface area contributed by atoms with Gasteiger partial charge in [0.05, 0.1) is 5.41 Å². The van der Waals surface area contributed by atoms with Crippen LogP contribution in [0.3, 0.4) is 0 Å². The summed E-state index contributed by atoms with van der Waals surface area (Å²) in [6.45, 7) is 0. The fourth-order valence-electron chi connectivity index (χ4n) is 3.35. The van der Waals surface area contributed by atoms with Crippen molar-refractivity contribution in [2.24, 2.45) is 5.41 Å². The van der Waals surface area contributed by atoms with Crippen molar-refractivity contribution in [3.05, 3.63) is 0 Å². The zero-order valence-corrected chi connectivity index (χ0v) is 12.6. The first-order valence-corrected chi connectivity index (χ1v) is 8.49. The lowest BCUT2D eigenvalue weighted by molar-refractivity contribution is -0.156. The summed E-state index contributed by atoms with van der Waals surface area (Å²) in [5, 5.41) is 9.33. The van der Waals surface area contributed by atoms with Crippen molar-refractivity contribution >= 4 is 29.5 Å². The highest BCUT2D eigenvalue weighted by Gasteiger charge is 2.54. The van der Waals surface area contributed by atoms with Crippen LogP contribution in [0.5, 0.6) is 0 Å². The number of carbonyl (C=O) groups is 3. The maximum absolute atomic E-state index is 12.6. The first-order valence-electron chi connectivity index (χ1n) is 7.10. The van der Waals surface area contributed by atoms with Crippen LogP contribution in [0.1, 0.15) is 44.9 Å². The van der Waals surface area contributed by atoms with Gasteiger partial charge in [0.25, 0.3) is 0 Å². The number of aliphatic carboxylic acids is 1. The van der Waals surface area contributed by atoms with Gasteiger partial charge in [0.15, 0.2) is 0 Å². The average Bonchev–Trinajstić information content (AvgIpc) is 2.64. The second-order valence-corrected chi connectivity index (χ2v) is 6.71. The highest BCUT2D eigenvalue weighted by Crippen LogP contribution is 2.46. The fraction of sp³-hybridized carbons (Fsp3) is 0.786. The largest absolute Gasteiger partial charge is 0.480 e. The van der Waals surface area contributed by atoms with Gasteiger partial charge in [-0.2, -0.15) is 11.8 Å². The molecule has 1 aliphatic heterocycles. The minimum absolute atomic E-state index is 0.203. The molecule has 1 saturated carbocycles. The molecule has 0 bridgehead atoms. The molecule has 0 unspecified atom stereocenters. The van der Waals surface area contributed by atoms with E-state index in [1.165, 1.54) is 11.8 Å². The SMILES string of the molecule is CSCC[C@@H](C(=O)O)N1C(=O)CC2(CCCCC2)C1=O. The molecule has 2 fully saturated rings. The Morgan fingerprint density at radius 2 is 2.00 bits per heavy atom. The topological polar surface area (TPSA) is 74.7 Å². The minimum Gasteiger partial charge on any atom is -0.480 e. The molecule has 6 heteroatoms. The standard InChI is InChI=1S/C14H21NO4S/c1-20-8-5-10(12(17)18)15-11(16)9-14(13(15)19)6-3-2-4-7-14/h10H,2-9H2,1H3,(H,17,18)/t10-/m0/s1. The number of carbonyl (C=O) groups excluding carboxylic acids is 2. The number of amides is 2. The molecule has 0 radical (unpaired) electrons. The second kappa shape index (κ2) is 6.16. The number of carboxylic acids is 1. The van der Waals surface area contributed by atoms with Crippen molar-refractivity contribution in [1.29, 1.82) is 0 Å². The molecule has 1 N–H and O–H groups in total. The predicted molar refractivity (Wildman–Crippen MR) is 76.4 cm³/mol. The molecule has 20 heavy (non-hydrogen) atoms. The number of hydrogen-bond donors (Lipinski definition) is 1. The number of thioether (sulfide) groups is 1. The summed E-state index contributed by atoms with van der Waals surface area (Å²) in [4.78, 5) is 37.3. The van der Waals surface area contributed by atoms with E-state index in [-0.39, 0.29) is 18.2 Å². The summed E-state index contributed by atoms with van der Waals surface area (Å²) in [5.74, 6) is -0.990. The van der Waals surface area contributed by atoms with Crippen LogP contribution >= 0.6 is 11.8 Å². The molecule has 0 aromatic carbocycles. The van der Waals surface area contributed by atoms with Crippen molar-refractivity contribution in [1.82, 2.24) is 4.90 Å². The average molecular weight is 299 g/mol. The van der Waals surface area contributed by atoms with Gasteiger partial charge in [-0.1, -0.05) is 19.3 Å². The molecule has 2 rings (SSSR count). The Bertz CT molecular complexity index is 417. The van der Waals surface area contributed by atoms with Crippen molar-refractivity contribution in [2.75, 3.05) is 12.0 Å². The summed E-state index contributed by atoms with van der Waals surface area (Å²) < 4.78 is 0. The van der Waals surface area contributed by atoms with Gasteiger partial charge in [-0.05, 0) is 31.3 Å². The van der Waals surface area contributed by atoms with Gasteiger partial charge in [0.1, 0.15) is 6.04 Å². The molecule has 1 atom stereocenters. The Kier molecular flexibility index (Phi) is 4.73. The van der Waals surface area contributed by atoms with E-state index in [1.807, 2.05) is 6.26 Å². The molecule has 112 valence electrons. The summed E-state index contributed by atoms with van der Waals surface area (Å²) in [7, 11) is 0. The van der Waals surface area contributed by atoms with Gasteiger partial charge in [-0.25, -0.2) is 4.79 Å². The lowest BCUT2D eigenvalue weighted by Gasteiger charge is -2.31. The van der Waals surface area contributed by atoms with E-state index in [4.69, 9.17) is 0 Å². The maximum Gasteiger partial charge on any atom is 0.326 e. The fourth-order valence-corrected chi connectivity index (χ4v) is 3.81.